The first-order valence-electron chi connectivity index (χ1n) is 3.79. The highest BCUT2D eigenvalue weighted by Gasteiger charge is 2.19. The van der Waals surface area contributed by atoms with Gasteiger partial charge in [0.2, 0.25) is 0 Å². The van der Waals surface area contributed by atoms with Crippen LogP contribution in [0.3, 0.4) is 0 Å². The minimum Gasteiger partial charge on any atom is -0.403 e. The van der Waals surface area contributed by atoms with E-state index in [0.29, 0.717) is 0 Å². The Morgan fingerprint density at radius 1 is 1.44 bits per heavy atom. The summed E-state index contributed by atoms with van der Waals surface area (Å²) >= 11 is 3.00. The molecule has 1 aromatic carbocycles. The van der Waals surface area contributed by atoms with Crippen LogP contribution in [0.5, 0.6) is 5.75 Å². The van der Waals surface area contributed by atoms with Gasteiger partial charge >= 0.3 is 13.8 Å². The second-order valence-corrected chi connectivity index (χ2v) is 4.65. The molecule has 0 bridgehead atoms. The van der Waals surface area contributed by atoms with Crippen LogP contribution in [0.4, 0.5) is 0 Å². The minimum absolute atomic E-state index is 0.00847. The number of rotatable bonds is 3. The second-order valence-electron chi connectivity index (χ2n) is 2.63. The fourth-order valence-electron chi connectivity index (χ4n) is 0.896. The Kier molecular flexibility index (Phi) is 4.06. The minimum atomic E-state index is -4.69. The van der Waals surface area contributed by atoms with E-state index >= 15 is 0 Å². The summed E-state index contributed by atoms with van der Waals surface area (Å²) in [5.74, 6) is 3.64. The first-order valence-corrected chi connectivity index (χ1v) is 6.11. The molecule has 0 saturated carbocycles. The lowest BCUT2D eigenvalue weighted by molar-refractivity contribution is 0.0503. The molecule has 16 heavy (non-hydrogen) atoms. The van der Waals surface area contributed by atoms with Crippen molar-refractivity contribution in [3.63, 3.8) is 0 Å². The van der Waals surface area contributed by atoms with Crippen LogP contribution in [0.1, 0.15) is 10.4 Å². The topological polar surface area (TPSA) is 119 Å². The zero-order valence-electron chi connectivity index (χ0n) is 7.66. The van der Waals surface area contributed by atoms with E-state index in [-0.39, 0.29) is 15.8 Å². The third-order valence-corrected chi connectivity index (χ3v) is 2.58. The van der Waals surface area contributed by atoms with E-state index in [4.69, 9.17) is 9.79 Å². The van der Waals surface area contributed by atoms with Crippen LogP contribution in [0.25, 0.3) is 0 Å². The summed E-state index contributed by atoms with van der Waals surface area (Å²) in [6.45, 7) is 0. The van der Waals surface area contributed by atoms with Crippen LogP contribution in [0.2, 0.25) is 0 Å². The predicted molar refractivity (Wildman–Crippen MR) is 56.4 cm³/mol. The highest BCUT2D eigenvalue weighted by atomic mass is 79.9. The fourth-order valence-corrected chi connectivity index (χ4v) is 1.76. The quantitative estimate of drug-likeness (QED) is 0.561. The number of phosphoric acid groups is 1. The van der Waals surface area contributed by atoms with Crippen molar-refractivity contribution in [2.45, 2.75) is 0 Å². The third-order valence-electron chi connectivity index (χ3n) is 1.49. The first kappa shape index (κ1) is 13.1. The summed E-state index contributed by atoms with van der Waals surface area (Å²) in [6, 6.07) is 3.82. The molecule has 0 radical (unpaired) electrons. The van der Waals surface area contributed by atoms with Gasteiger partial charge in [-0.25, -0.2) is 9.36 Å². The average molecular weight is 312 g/mol. The number of hydrogen-bond acceptors (Lipinski definition) is 5. The maximum atomic E-state index is 11.0. The Balaban J connectivity index is 3.09. The van der Waals surface area contributed by atoms with Gasteiger partial charge in [-0.3, -0.25) is 9.79 Å². The van der Waals surface area contributed by atoms with Crippen molar-refractivity contribution in [2.24, 2.45) is 5.90 Å². The molecule has 0 unspecified atom stereocenters. The Morgan fingerprint density at radius 3 is 2.56 bits per heavy atom. The van der Waals surface area contributed by atoms with Crippen LogP contribution in [-0.4, -0.2) is 15.8 Å². The molecule has 0 saturated heterocycles. The van der Waals surface area contributed by atoms with Crippen molar-refractivity contribution < 1.29 is 28.5 Å². The molecule has 9 heteroatoms. The zero-order valence-corrected chi connectivity index (χ0v) is 10.1. The van der Waals surface area contributed by atoms with E-state index in [9.17, 15) is 9.36 Å². The van der Waals surface area contributed by atoms with Crippen molar-refractivity contribution >= 4 is 29.7 Å². The van der Waals surface area contributed by atoms with Crippen molar-refractivity contribution in [3.05, 3.63) is 28.2 Å². The summed E-state index contributed by atoms with van der Waals surface area (Å²) in [6.07, 6.45) is 0. The molecule has 0 aromatic heterocycles. The molecule has 1 rings (SSSR count). The average Bonchev–Trinajstić information content (AvgIpc) is 2.18. The van der Waals surface area contributed by atoms with Crippen molar-refractivity contribution in [3.8, 4) is 5.75 Å². The van der Waals surface area contributed by atoms with Gasteiger partial charge in [-0.15, -0.1) is 0 Å². The Hall–Kier alpha value is -0.920. The predicted octanol–water partition coefficient (Wildman–Crippen LogP) is 0.951. The molecule has 88 valence electrons. The van der Waals surface area contributed by atoms with Gasteiger partial charge in [0.25, 0.3) is 0 Å². The number of hydrogen-bond donors (Lipinski definition) is 3. The molecule has 0 aliphatic carbocycles. The third kappa shape index (κ3) is 3.58. The van der Waals surface area contributed by atoms with E-state index < -0.39 is 13.8 Å². The number of benzene rings is 1. The van der Waals surface area contributed by atoms with Gasteiger partial charge in [0.15, 0.2) is 0 Å². The van der Waals surface area contributed by atoms with Crippen molar-refractivity contribution in [1.29, 1.82) is 0 Å². The van der Waals surface area contributed by atoms with Gasteiger partial charge < -0.3 is 9.36 Å². The van der Waals surface area contributed by atoms with E-state index in [1.165, 1.54) is 12.1 Å². The smallest absolute Gasteiger partial charge is 0.403 e. The first-order chi connectivity index (χ1) is 7.33. The monoisotopic (exact) mass is 311 g/mol. The molecule has 0 aliphatic heterocycles. The normalized spacial score (nSPS) is 11.0. The lowest BCUT2D eigenvalue weighted by Crippen LogP contribution is -2.10. The van der Waals surface area contributed by atoms with E-state index in [1.807, 2.05) is 0 Å². The number of nitrogens with two attached hydrogens (primary N) is 1. The number of phosphoric ester groups is 1. The summed E-state index contributed by atoms with van der Waals surface area (Å²) < 4.78 is 15.2. The van der Waals surface area contributed by atoms with Gasteiger partial charge in [0, 0.05) is 0 Å². The SMILES string of the molecule is NOC(=O)c1ccc(Br)c(OP(=O)(O)O)c1. The second kappa shape index (κ2) is 4.94. The van der Waals surface area contributed by atoms with Crippen LogP contribution >= 0.6 is 23.8 Å². The summed E-state index contributed by atoms with van der Waals surface area (Å²) in [7, 11) is -4.69. The molecule has 0 spiro atoms. The maximum Gasteiger partial charge on any atom is 0.524 e. The van der Waals surface area contributed by atoms with Crippen LogP contribution < -0.4 is 10.4 Å². The number of carbonyl (C=O) groups is 1. The number of carbonyl (C=O) groups excluding carboxylic acids is 1. The van der Waals surface area contributed by atoms with E-state index in [1.54, 1.807) is 0 Å². The van der Waals surface area contributed by atoms with Gasteiger partial charge in [0.05, 0.1) is 10.0 Å². The Labute approximate surface area is 98.5 Å². The van der Waals surface area contributed by atoms with E-state index in [0.717, 1.165) is 6.07 Å². The van der Waals surface area contributed by atoms with Gasteiger partial charge in [0.1, 0.15) is 5.75 Å². The number of halogens is 1. The fraction of sp³-hybridized carbons (Fsp3) is 0. The van der Waals surface area contributed by atoms with Gasteiger partial charge in [-0.1, -0.05) is 0 Å². The molecule has 0 heterocycles. The van der Waals surface area contributed by atoms with Crippen LogP contribution in [0, 0.1) is 0 Å². The van der Waals surface area contributed by atoms with Crippen LogP contribution in [-0.2, 0) is 9.40 Å². The largest absolute Gasteiger partial charge is 0.524 e. The molecule has 0 atom stereocenters. The van der Waals surface area contributed by atoms with E-state index in [2.05, 4.69) is 31.2 Å². The van der Waals surface area contributed by atoms with Gasteiger partial charge in [-0.2, -0.15) is 5.90 Å². The lowest BCUT2D eigenvalue weighted by atomic mass is 10.2. The van der Waals surface area contributed by atoms with Crippen molar-refractivity contribution in [1.82, 2.24) is 0 Å². The zero-order chi connectivity index (χ0) is 12.3. The molecule has 4 N–H and O–H groups in total. The summed E-state index contributed by atoms with van der Waals surface area (Å²) in [5, 5.41) is 0. The van der Waals surface area contributed by atoms with Gasteiger partial charge in [-0.05, 0) is 34.1 Å². The maximum absolute atomic E-state index is 11.0. The highest BCUT2D eigenvalue weighted by Crippen LogP contribution is 2.41. The molecule has 0 fully saturated rings. The lowest BCUT2D eigenvalue weighted by Gasteiger charge is -2.09. The summed E-state index contributed by atoms with van der Waals surface area (Å²) in [4.78, 5) is 32.2. The van der Waals surface area contributed by atoms with Crippen LogP contribution in [0.15, 0.2) is 22.7 Å². The molecule has 0 amide bonds. The van der Waals surface area contributed by atoms with Crippen molar-refractivity contribution in [2.75, 3.05) is 0 Å². The standard InChI is InChI=1S/C7H7BrNO6P/c8-5-2-1-4(7(10)14-9)3-6(5)15-16(11,12)13/h1-3H,9H2,(H2,11,12,13). The highest BCUT2D eigenvalue weighted by molar-refractivity contribution is 9.10. The summed E-state index contributed by atoms with van der Waals surface area (Å²) in [5.41, 5.74) is 0.00847. The Morgan fingerprint density at radius 2 is 2.06 bits per heavy atom. The molecular weight excluding hydrogens is 305 g/mol. The molecule has 0 aliphatic rings. The Bertz CT molecular complexity index is 458. The molecule has 7 nitrogen and oxygen atoms in total. The molecule has 1 aromatic rings. The molecular formula is C7H7BrNO6P.